The molecule has 0 spiro atoms. The molecule has 20 heavy (non-hydrogen) atoms. The van der Waals surface area contributed by atoms with Crippen molar-refractivity contribution >= 4 is 16.7 Å². The van der Waals surface area contributed by atoms with Crippen LogP contribution < -0.4 is 5.32 Å². The summed E-state index contributed by atoms with van der Waals surface area (Å²) in [4.78, 5) is 12.3. The van der Waals surface area contributed by atoms with Gasteiger partial charge in [-0.15, -0.1) is 0 Å². The van der Waals surface area contributed by atoms with E-state index in [0.29, 0.717) is 12.1 Å². The molecule has 0 radical (unpaired) electrons. The van der Waals surface area contributed by atoms with Crippen LogP contribution >= 0.6 is 0 Å². The minimum Gasteiger partial charge on any atom is -0.393 e. The maximum Gasteiger partial charge on any atom is 0.251 e. The molecule has 3 heteroatoms. The molecule has 0 bridgehead atoms. The minimum absolute atomic E-state index is 0.0547. The molecule has 1 amide bonds. The second kappa shape index (κ2) is 5.63. The van der Waals surface area contributed by atoms with E-state index in [9.17, 15) is 9.90 Å². The number of hydrogen-bond donors (Lipinski definition) is 2. The second-order valence-electron chi connectivity index (χ2n) is 5.50. The number of hydrogen-bond acceptors (Lipinski definition) is 2. The molecule has 2 aromatic rings. The minimum atomic E-state index is -0.261. The molecule has 0 saturated heterocycles. The van der Waals surface area contributed by atoms with E-state index in [1.54, 1.807) is 0 Å². The third-order valence-electron chi connectivity index (χ3n) is 4.18. The number of rotatable bonds is 3. The van der Waals surface area contributed by atoms with E-state index in [-0.39, 0.29) is 17.9 Å². The van der Waals surface area contributed by atoms with Gasteiger partial charge in [0.05, 0.1) is 6.10 Å². The highest BCUT2D eigenvalue weighted by molar-refractivity contribution is 6.06. The van der Waals surface area contributed by atoms with E-state index in [1.165, 1.54) is 0 Å². The summed E-state index contributed by atoms with van der Waals surface area (Å²) < 4.78 is 0. The summed E-state index contributed by atoms with van der Waals surface area (Å²) in [5.41, 5.74) is 0.704. The van der Waals surface area contributed by atoms with E-state index in [2.05, 4.69) is 5.32 Å². The lowest BCUT2D eigenvalue weighted by Gasteiger charge is -2.15. The van der Waals surface area contributed by atoms with Gasteiger partial charge >= 0.3 is 0 Å². The number of aliphatic hydroxyl groups excluding tert-OH is 1. The molecule has 3 nitrogen and oxygen atoms in total. The quantitative estimate of drug-likeness (QED) is 0.900. The lowest BCUT2D eigenvalue weighted by Crippen LogP contribution is -2.32. The van der Waals surface area contributed by atoms with Crippen LogP contribution in [0, 0.1) is 5.92 Å². The molecule has 3 rings (SSSR count). The third kappa shape index (κ3) is 2.54. The maximum atomic E-state index is 12.3. The van der Waals surface area contributed by atoms with E-state index in [1.807, 2.05) is 42.5 Å². The normalized spacial score (nSPS) is 22.1. The van der Waals surface area contributed by atoms with Crippen molar-refractivity contribution in [3.8, 4) is 0 Å². The van der Waals surface area contributed by atoms with E-state index >= 15 is 0 Å². The van der Waals surface area contributed by atoms with Gasteiger partial charge in [0.1, 0.15) is 0 Å². The highest BCUT2D eigenvalue weighted by Crippen LogP contribution is 2.25. The number of amides is 1. The first-order valence-electron chi connectivity index (χ1n) is 7.20. The molecule has 0 aliphatic heterocycles. The van der Waals surface area contributed by atoms with Gasteiger partial charge in [-0.25, -0.2) is 0 Å². The summed E-state index contributed by atoms with van der Waals surface area (Å²) in [5, 5.41) is 14.8. The van der Waals surface area contributed by atoms with E-state index in [0.717, 1.165) is 30.0 Å². The predicted molar refractivity (Wildman–Crippen MR) is 79.6 cm³/mol. The van der Waals surface area contributed by atoms with Crippen LogP contribution in [0.1, 0.15) is 29.6 Å². The average molecular weight is 269 g/mol. The Morgan fingerprint density at radius 2 is 1.95 bits per heavy atom. The van der Waals surface area contributed by atoms with Crippen molar-refractivity contribution in [1.82, 2.24) is 5.32 Å². The first-order chi connectivity index (χ1) is 9.75. The Kier molecular flexibility index (Phi) is 3.70. The van der Waals surface area contributed by atoms with Crippen molar-refractivity contribution in [2.45, 2.75) is 25.4 Å². The molecule has 2 aromatic carbocycles. The molecule has 2 N–H and O–H groups in total. The summed E-state index contributed by atoms with van der Waals surface area (Å²) >= 11 is 0. The first-order valence-corrected chi connectivity index (χ1v) is 7.20. The molecule has 1 aliphatic carbocycles. The highest BCUT2D eigenvalue weighted by Gasteiger charge is 2.25. The van der Waals surface area contributed by atoms with Crippen molar-refractivity contribution in [3.63, 3.8) is 0 Å². The molecule has 2 atom stereocenters. The zero-order valence-corrected chi connectivity index (χ0v) is 11.4. The number of nitrogens with one attached hydrogen (secondary N) is 1. The Balaban J connectivity index is 1.75. The number of benzene rings is 2. The molecule has 2 unspecified atom stereocenters. The van der Waals surface area contributed by atoms with Crippen LogP contribution in [0.3, 0.4) is 0 Å². The fourth-order valence-electron chi connectivity index (χ4n) is 3.00. The van der Waals surface area contributed by atoms with Gasteiger partial charge < -0.3 is 10.4 Å². The van der Waals surface area contributed by atoms with Crippen LogP contribution in [-0.2, 0) is 0 Å². The van der Waals surface area contributed by atoms with Crippen LogP contribution in [0.2, 0.25) is 0 Å². The predicted octanol–water partition coefficient (Wildman–Crippen LogP) is 2.73. The summed E-state index contributed by atoms with van der Waals surface area (Å²) in [7, 11) is 0. The Morgan fingerprint density at radius 1 is 1.15 bits per heavy atom. The van der Waals surface area contributed by atoms with Crippen molar-refractivity contribution in [2.24, 2.45) is 5.92 Å². The monoisotopic (exact) mass is 269 g/mol. The van der Waals surface area contributed by atoms with Crippen LogP contribution in [0.4, 0.5) is 0 Å². The largest absolute Gasteiger partial charge is 0.393 e. The SMILES string of the molecule is O=C(NCC1CCCC1O)c1cccc2ccccc12. The fraction of sp³-hybridized carbons (Fsp3) is 0.353. The second-order valence-corrected chi connectivity index (χ2v) is 5.50. The van der Waals surface area contributed by atoms with E-state index < -0.39 is 0 Å². The molecule has 1 aliphatic rings. The van der Waals surface area contributed by atoms with Crippen LogP contribution in [0.15, 0.2) is 42.5 Å². The summed E-state index contributed by atoms with van der Waals surface area (Å²) in [6.45, 7) is 0.559. The Hall–Kier alpha value is -1.87. The fourth-order valence-corrected chi connectivity index (χ4v) is 3.00. The van der Waals surface area contributed by atoms with Gasteiger partial charge in [0, 0.05) is 18.0 Å². The van der Waals surface area contributed by atoms with Gasteiger partial charge in [-0.2, -0.15) is 0 Å². The zero-order chi connectivity index (χ0) is 13.9. The number of aliphatic hydroxyl groups is 1. The van der Waals surface area contributed by atoms with Crippen molar-refractivity contribution in [3.05, 3.63) is 48.0 Å². The van der Waals surface area contributed by atoms with Crippen molar-refractivity contribution in [2.75, 3.05) is 6.54 Å². The van der Waals surface area contributed by atoms with Gasteiger partial charge in [0.15, 0.2) is 0 Å². The molecular formula is C17H19NO2. The van der Waals surface area contributed by atoms with Gasteiger partial charge in [0.25, 0.3) is 5.91 Å². The Morgan fingerprint density at radius 3 is 2.75 bits per heavy atom. The lowest BCUT2D eigenvalue weighted by molar-refractivity contribution is 0.0918. The average Bonchev–Trinajstić information content (AvgIpc) is 2.89. The van der Waals surface area contributed by atoms with E-state index in [4.69, 9.17) is 0 Å². The molecule has 104 valence electrons. The maximum absolute atomic E-state index is 12.3. The van der Waals surface area contributed by atoms with Gasteiger partial charge in [-0.1, -0.05) is 42.8 Å². The highest BCUT2D eigenvalue weighted by atomic mass is 16.3. The molecule has 1 saturated carbocycles. The Bertz CT molecular complexity index is 618. The lowest BCUT2D eigenvalue weighted by atomic mass is 10.0. The standard InChI is InChI=1S/C17H19NO2/c19-16-10-4-7-13(16)11-18-17(20)15-9-3-6-12-5-1-2-8-14(12)15/h1-3,5-6,8-9,13,16,19H,4,7,10-11H2,(H,18,20). The topological polar surface area (TPSA) is 49.3 Å². The van der Waals surface area contributed by atoms with Gasteiger partial charge in [-0.05, 0) is 29.7 Å². The molecule has 1 fully saturated rings. The smallest absolute Gasteiger partial charge is 0.251 e. The van der Waals surface area contributed by atoms with Crippen LogP contribution in [0.25, 0.3) is 10.8 Å². The summed E-state index contributed by atoms with van der Waals surface area (Å²) in [6.07, 6.45) is 2.64. The van der Waals surface area contributed by atoms with Crippen LogP contribution in [0.5, 0.6) is 0 Å². The third-order valence-corrected chi connectivity index (χ3v) is 4.18. The summed E-state index contributed by atoms with van der Waals surface area (Å²) in [5.74, 6) is 0.148. The van der Waals surface area contributed by atoms with Crippen LogP contribution in [-0.4, -0.2) is 23.7 Å². The molecule has 0 aromatic heterocycles. The zero-order valence-electron chi connectivity index (χ0n) is 11.4. The van der Waals surface area contributed by atoms with Crippen molar-refractivity contribution in [1.29, 1.82) is 0 Å². The molecule has 0 heterocycles. The van der Waals surface area contributed by atoms with Crippen molar-refractivity contribution < 1.29 is 9.90 Å². The molecular weight excluding hydrogens is 250 g/mol. The first kappa shape index (κ1) is 13.1. The Labute approximate surface area is 118 Å². The number of carbonyl (C=O) groups excluding carboxylic acids is 1. The number of carbonyl (C=O) groups is 1. The van der Waals surface area contributed by atoms with Gasteiger partial charge in [0.2, 0.25) is 0 Å². The van der Waals surface area contributed by atoms with Gasteiger partial charge in [-0.3, -0.25) is 4.79 Å². The number of fused-ring (bicyclic) bond motifs is 1. The summed E-state index contributed by atoms with van der Waals surface area (Å²) in [6, 6.07) is 13.7.